The fourth-order valence-corrected chi connectivity index (χ4v) is 3.02. The van der Waals surface area contributed by atoms with Crippen LogP contribution in [0.4, 0.5) is 13.6 Å². The van der Waals surface area contributed by atoms with E-state index < -0.39 is 35.7 Å². The topological polar surface area (TPSA) is 92.7 Å². The molecule has 1 aliphatic heterocycles. The van der Waals surface area contributed by atoms with Gasteiger partial charge in [0.25, 0.3) is 0 Å². The Morgan fingerprint density at radius 2 is 1.80 bits per heavy atom. The average molecular weight is 425 g/mol. The van der Waals surface area contributed by atoms with Gasteiger partial charge in [0.15, 0.2) is 6.29 Å². The molecule has 3 N–H and O–H groups in total. The summed E-state index contributed by atoms with van der Waals surface area (Å²) in [5.74, 6) is -1.48. The van der Waals surface area contributed by atoms with Gasteiger partial charge in [-0.25, -0.2) is 13.6 Å². The Balaban J connectivity index is 2.38. The van der Waals surface area contributed by atoms with Gasteiger partial charge in [-0.05, 0) is 39.8 Å². The minimum atomic E-state index is -0.739. The number of halogens is 2. The van der Waals surface area contributed by atoms with Crippen molar-refractivity contribution in [3.63, 3.8) is 0 Å². The molecule has 0 aliphatic carbocycles. The summed E-state index contributed by atoms with van der Waals surface area (Å²) in [4.78, 5) is 12.1. The predicted molar refractivity (Wildman–Crippen MR) is 109 cm³/mol. The third kappa shape index (κ3) is 6.77. The molecule has 7 nitrogen and oxygen atoms in total. The fraction of sp³-hybridized carbons (Fsp3) is 0.524. The molecule has 30 heavy (non-hydrogen) atoms. The standard InChI is InChI=1S/C21H29F2N3O4/c1-12(26-20(27)30-21(2,3)4)18(24)16(11-17-28-6-7-29-17)19(25-5)13-8-14(22)10-15(23)9-13/h8-10,12,17,24-25H,6-7,11H2,1-5H3,(H,26,27)/b19-16-,24-18?/t12-/m0/s1. The summed E-state index contributed by atoms with van der Waals surface area (Å²) in [6.07, 6.45) is -1.11. The molecule has 166 valence electrons. The molecule has 1 fully saturated rings. The molecule has 0 saturated carbocycles. The number of ether oxygens (including phenoxy) is 3. The van der Waals surface area contributed by atoms with Crippen molar-refractivity contribution in [3.8, 4) is 0 Å². The molecular weight excluding hydrogens is 396 g/mol. The summed E-state index contributed by atoms with van der Waals surface area (Å²) in [6.45, 7) is 7.67. The van der Waals surface area contributed by atoms with Crippen LogP contribution in [0.25, 0.3) is 5.70 Å². The second-order valence-corrected chi connectivity index (χ2v) is 7.92. The number of nitrogens with one attached hydrogen (secondary N) is 3. The van der Waals surface area contributed by atoms with Crippen molar-refractivity contribution in [3.05, 3.63) is 41.0 Å². The summed E-state index contributed by atoms with van der Waals surface area (Å²) in [5, 5.41) is 14.2. The van der Waals surface area contributed by atoms with E-state index in [0.717, 1.165) is 6.07 Å². The summed E-state index contributed by atoms with van der Waals surface area (Å²) >= 11 is 0. The van der Waals surface area contributed by atoms with Gasteiger partial charge in [0.1, 0.15) is 17.2 Å². The zero-order valence-corrected chi connectivity index (χ0v) is 17.9. The monoisotopic (exact) mass is 425 g/mol. The molecule has 2 rings (SSSR count). The van der Waals surface area contributed by atoms with Gasteiger partial charge in [-0.15, -0.1) is 0 Å². The van der Waals surface area contributed by atoms with Crippen molar-refractivity contribution >= 4 is 17.5 Å². The van der Waals surface area contributed by atoms with E-state index in [4.69, 9.17) is 19.6 Å². The second kappa shape index (κ2) is 9.99. The number of alkyl carbamates (subject to hydrolysis) is 1. The van der Waals surface area contributed by atoms with Crippen LogP contribution in [0.3, 0.4) is 0 Å². The number of amides is 1. The smallest absolute Gasteiger partial charge is 0.408 e. The molecule has 1 aliphatic rings. The molecule has 1 amide bonds. The Labute approximate surface area is 175 Å². The SMILES string of the molecule is CN/C(=C(/CC1OCCO1)C(=N)[C@H](C)NC(=O)OC(C)(C)C)c1cc(F)cc(F)c1. The molecule has 1 aromatic rings. The molecule has 1 heterocycles. The summed E-state index contributed by atoms with van der Waals surface area (Å²) in [6, 6.07) is 2.38. The van der Waals surface area contributed by atoms with Crippen molar-refractivity contribution in [2.24, 2.45) is 0 Å². The number of hydrogen-bond acceptors (Lipinski definition) is 6. The number of carbonyl (C=O) groups is 1. The summed E-state index contributed by atoms with van der Waals surface area (Å²) in [5.41, 5.74) is 0.324. The lowest BCUT2D eigenvalue weighted by molar-refractivity contribution is -0.0390. The minimum Gasteiger partial charge on any atom is -0.444 e. The summed E-state index contributed by atoms with van der Waals surface area (Å²) in [7, 11) is 1.59. The van der Waals surface area contributed by atoms with Crippen LogP contribution in [0.1, 0.15) is 39.7 Å². The van der Waals surface area contributed by atoms with Crippen molar-refractivity contribution in [2.75, 3.05) is 20.3 Å². The Hall–Kier alpha value is -2.52. The molecule has 1 atom stereocenters. The van der Waals surface area contributed by atoms with Crippen LogP contribution >= 0.6 is 0 Å². The number of rotatable bonds is 7. The molecule has 1 aromatic carbocycles. The van der Waals surface area contributed by atoms with Crippen LogP contribution in [0, 0.1) is 17.0 Å². The van der Waals surface area contributed by atoms with E-state index >= 15 is 0 Å². The van der Waals surface area contributed by atoms with Gasteiger partial charge in [-0.3, -0.25) is 0 Å². The van der Waals surface area contributed by atoms with E-state index in [9.17, 15) is 13.6 Å². The molecule has 9 heteroatoms. The number of carbonyl (C=O) groups excluding carboxylic acids is 1. The molecule has 0 bridgehead atoms. The van der Waals surface area contributed by atoms with Gasteiger partial charge < -0.3 is 30.3 Å². The number of hydrogen-bond donors (Lipinski definition) is 3. The van der Waals surface area contributed by atoms with Crippen molar-refractivity contribution < 1.29 is 27.8 Å². The first-order valence-corrected chi connectivity index (χ1v) is 9.69. The zero-order valence-electron chi connectivity index (χ0n) is 17.9. The zero-order chi connectivity index (χ0) is 22.5. The molecule has 0 spiro atoms. The van der Waals surface area contributed by atoms with Crippen LogP contribution in [0.5, 0.6) is 0 Å². The van der Waals surface area contributed by atoms with Crippen LogP contribution < -0.4 is 10.6 Å². The Kier molecular flexibility index (Phi) is 7.91. The Morgan fingerprint density at radius 1 is 1.23 bits per heavy atom. The van der Waals surface area contributed by atoms with E-state index in [1.54, 1.807) is 34.7 Å². The van der Waals surface area contributed by atoms with Gasteiger partial charge in [-0.2, -0.15) is 0 Å². The van der Waals surface area contributed by atoms with Crippen LogP contribution in [-0.4, -0.2) is 50.0 Å². The van der Waals surface area contributed by atoms with E-state index in [-0.39, 0.29) is 17.7 Å². The lowest BCUT2D eigenvalue weighted by atomic mass is 9.95. The largest absolute Gasteiger partial charge is 0.444 e. The molecule has 0 unspecified atom stereocenters. The van der Waals surface area contributed by atoms with E-state index in [1.165, 1.54) is 12.1 Å². The lowest BCUT2D eigenvalue weighted by Gasteiger charge is -2.25. The van der Waals surface area contributed by atoms with Gasteiger partial charge in [0, 0.05) is 36.4 Å². The highest BCUT2D eigenvalue weighted by molar-refractivity contribution is 6.08. The van der Waals surface area contributed by atoms with Crippen LogP contribution in [0.2, 0.25) is 0 Å². The first-order chi connectivity index (χ1) is 14.0. The quantitative estimate of drug-likeness (QED) is 0.581. The lowest BCUT2D eigenvalue weighted by Crippen LogP contribution is -2.42. The third-order valence-electron chi connectivity index (χ3n) is 4.26. The van der Waals surface area contributed by atoms with Gasteiger partial charge in [0.2, 0.25) is 0 Å². The maximum atomic E-state index is 13.8. The molecule has 1 saturated heterocycles. The Bertz CT molecular complexity index is 795. The predicted octanol–water partition coefficient (Wildman–Crippen LogP) is 3.59. The maximum absolute atomic E-state index is 13.8. The van der Waals surface area contributed by atoms with Crippen LogP contribution in [0.15, 0.2) is 23.8 Å². The average Bonchev–Trinajstić information content (AvgIpc) is 3.11. The molecular formula is C21H29F2N3O4. The first-order valence-electron chi connectivity index (χ1n) is 9.69. The summed E-state index contributed by atoms with van der Waals surface area (Å²) < 4.78 is 43.9. The first kappa shape index (κ1) is 23.8. The fourth-order valence-electron chi connectivity index (χ4n) is 3.02. The molecule has 0 aromatic heterocycles. The van der Waals surface area contributed by atoms with Crippen molar-refractivity contribution in [1.29, 1.82) is 5.41 Å². The maximum Gasteiger partial charge on any atom is 0.408 e. The normalized spacial score (nSPS) is 16.6. The van der Waals surface area contributed by atoms with Crippen LogP contribution in [-0.2, 0) is 14.2 Å². The third-order valence-corrected chi connectivity index (χ3v) is 4.26. The van der Waals surface area contributed by atoms with Crippen molar-refractivity contribution in [2.45, 2.75) is 52.0 Å². The van der Waals surface area contributed by atoms with E-state index in [0.29, 0.717) is 24.5 Å². The van der Waals surface area contributed by atoms with E-state index in [1.807, 2.05) is 0 Å². The highest BCUT2D eigenvalue weighted by atomic mass is 19.1. The van der Waals surface area contributed by atoms with Gasteiger partial charge >= 0.3 is 6.09 Å². The van der Waals surface area contributed by atoms with E-state index in [2.05, 4.69) is 10.6 Å². The minimum absolute atomic E-state index is 0.0361. The van der Waals surface area contributed by atoms with Crippen molar-refractivity contribution in [1.82, 2.24) is 10.6 Å². The molecule has 0 radical (unpaired) electrons. The number of benzene rings is 1. The highest BCUT2D eigenvalue weighted by Gasteiger charge is 2.27. The second-order valence-electron chi connectivity index (χ2n) is 7.92. The van der Waals surface area contributed by atoms with Gasteiger partial charge in [0.05, 0.1) is 25.0 Å². The van der Waals surface area contributed by atoms with Gasteiger partial charge in [-0.1, -0.05) is 0 Å². The highest BCUT2D eigenvalue weighted by Crippen LogP contribution is 2.26. The Morgan fingerprint density at radius 3 is 2.30 bits per heavy atom.